The van der Waals surface area contributed by atoms with Gasteiger partial charge in [0, 0.05) is 48.1 Å². The maximum atomic E-state index is 12.7. The van der Waals surface area contributed by atoms with Crippen molar-refractivity contribution in [1.29, 1.82) is 0 Å². The minimum absolute atomic E-state index is 0.0810. The standard InChI is InChI=1S/C36H38N4O2/c1-33(2)27-9-5-7-11-29(27)39-23-19-31(41)37-35(33,39)21-17-25-13-15-26(16-14-25)18-22-36-34(3,4)28-10-6-8-12-30(28)40(36)24-20-32(42)38-36/h5-18,21-22H,19-20,23-24H2,1-4H3,(H,37,41)(H,38,42). The zero-order valence-electron chi connectivity index (χ0n) is 24.8. The summed E-state index contributed by atoms with van der Waals surface area (Å²) in [6.45, 7) is 10.2. The summed E-state index contributed by atoms with van der Waals surface area (Å²) < 4.78 is 0. The second-order valence-corrected chi connectivity index (χ2v) is 13.1. The number of carbonyl (C=O) groups is 2. The van der Waals surface area contributed by atoms with Gasteiger partial charge in [-0.15, -0.1) is 0 Å². The van der Waals surface area contributed by atoms with E-state index in [1.807, 2.05) is 0 Å². The van der Waals surface area contributed by atoms with Gasteiger partial charge in [-0.3, -0.25) is 9.59 Å². The molecule has 0 aliphatic carbocycles. The Kier molecular flexibility index (Phi) is 5.75. The van der Waals surface area contributed by atoms with Gasteiger partial charge in [0.25, 0.3) is 0 Å². The molecule has 6 nitrogen and oxygen atoms in total. The molecule has 2 amide bonds. The van der Waals surface area contributed by atoms with Gasteiger partial charge in [-0.05, 0) is 46.5 Å². The summed E-state index contributed by atoms with van der Waals surface area (Å²) in [5.41, 5.74) is 5.13. The lowest BCUT2D eigenvalue weighted by atomic mass is 9.74. The number of fused-ring (bicyclic) bond motifs is 6. The van der Waals surface area contributed by atoms with Crippen molar-refractivity contribution < 1.29 is 9.59 Å². The quantitative estimate of drug-likeness (QED) is 0.429. The Morgan fingerprint density at radius 1 is 0.595 bits per heavy atom. The van der Waals surface area contributed by atoms with Crippen LogP contribution in [0, 0.1) is 0 Å². The molecule has 2 atom stereocenters. The summed E-state index contributed by atoms with van der Waals surface area (Å²) >= 11 is 0. The molecule has 3 aromatic carbocycles. The van der Waals surface area contributed by atoms with Gasteiger partial charge in [-0.1, -0.05) is 101 Å². The molecule has 0 aromatic heterocycles. The highest BCUT2D eigenvalue weighted by Crippen LogP contribution is 2.53. The number of amides is 2. The monoisotopic (exact) mass is 558 g/mol. The van der Waals surface area contributed by atoms with Crippen molar-refractivity contribution in [1.82, 2.24) is 10.6 Å². The molecular formula is C36H38N4O2. The predicted octanol–water partition coefficient (Wildman–Crippen LogP) is 5.74. The first-order valence-electron chi connectivity index (χ1n) is 14.9. The summed E-state index contributed by atoms with van der Waals surface area (Å²) in [4.78, 5) is 30.1. The Hall–Kier alpha value is -4.32. The third-order valence-electron chi connectivity index (χ3n) is 10.2. The van der Waals surface area contributed by atoms with E-state index in [1.165, 1.54) is 22.5 Å². The minimum Gasteiger partial charge on any atom is -0.344 e. The fourth-order valence-corrected chi connectivity index (χ4v) is 7.79. The van der Waals surface area contributed by atoms with Crippen molar-refractivity contribution >= 4 is 35.3 Å². The average molecular weight is 559 g/mol. The molecule has 2 saturated heterocycles. The number of hydrogen-bond donors (Lipinski definition) is 2. The van der Waals surface area contributed by atoms with Gasteiger partial charge in [-0.2, -0.15) is 0 Å². The van der Waals surface area contributed by atoms with Crippen molar-refractivity contribution in [3.05, 3.63) is 107 Å². The number of para-hydroxylation sites is 2. The number of anilines is 2. The Morgan fingerprint density at radius 2 is 0.976 bits per heavy atom. The van der Waals surface area contributed by atoms with Crippen LogP contribution in [0.15, 0.2) is 84.9 Å². The molecule has 0 saturated carbocycles. The molecule has 42 heavy (non-hydrogen) atoms. The molecule has 2 N–H and O–H groups in total. The van der Waals surface area contributed by atoms with Crippen LogP contribution >= 0.6 is 0 Å². The molecule has 214 valence electrons. The third kappa shape index (κ3) is 3.57. The first-order valence-corrected chi connectivity index (χ1v) is 14.9. The van der Waals surface area contributed by atoms with E-state index in [-0.39, 0.29) is 22.6 Å². The number of benzene rings is 3. The largest absolute Gasteiger partial charge is 0.344 e. The SMILES string of the molecule is CC1(C)c2ccccc2N2CCC(=O)NC21C=Cc1ccc(C=CC23NC(=O)CCN2c2ccccc2C3(C)C)cc1. The molecule has 4 aliphatic rings. The van der Waals surface area contributed by atoms with E-state index in [0.29, 0.717) is 25.9 Å². The van der Waals surface area contributed by atoms with Crippen molar-refractivity contribution in [3.8, 4) is 0 Å². The van der Waals surface area contributed by atoms with Gasteiger partial charge in [-0.25, -0.2) is 0 Å². The second-order valence-electron chi connectivity index (χ2n) is 13.1. The Balaban J connectivity index is 1.18. The first kappa shape index (κ1) is 26.6. The molecule has 4 aliphatic heterocycles. The molecule has 4 heterocycles. The lowest BCUT2D eigenvalue weighted by molar-refractivity contribution is -0.125. The molecule has 2 unspecified atom stereocenters. The normalized spacial score (nSPS) is 27.0. The molecule has 6 heteroatoms. The lowest BCUT2D eigenvalue weighted by Crippen LogP contribution is -2.68. The fraction of sp³-hybridized carbons (Fsp3) is 0.333. The molecule has 0 bridgehead atoms. The highest BCUT2D eigenvalue weighted by molar-refractivity contribution is 5.86. The van der Waals surface area contributed by atoms with Crippen molar-refractivity contribution in [2.24, 2.45) is 0 Å². The number of hydrogen-bond acceptors (Lipinski definition) is 4. The fourth-order valence-electron chi connectivity index (χ4n) is 7.79. The van der Waals surface area contributed by atoms with Crippen LogP contribution in [-0.2, 0) is 20.4 Å². The third-order valence-corrected chi connectivity index (χ3v) is 10.2. The summed E-state index contributed by atoms with van der Waals surface area (Å²) in [6.07, 6.45) is 9.56. The van der Waals surface area contributed by atoms with Gasteiger partial charge in [0.1, 0.15) is 11.3 Å². The number of rotatable bonds is 4. The van der Waals surface area contributed by atoms with Crippen LogP contribution in [0.3, 0.4) is 0 Å². The minimum atomic E-state index is -0.630. The van der Waals surface area contributed by atoms with Crippen LogP contribution in [0.1, 0.15) is 62.8 Å². The van der Waals surface area contributed by atoms with E-state index in [2.05, 4.69) is 145 Å². The smallest absolute Gasteiger partial charge is 0.223 e. The van der Waals surface area contributed by atoms with E-state index in [4.69, 9.17) is 0 Å². The number of nitrogens with one attached hydrogen (secondary N) is 2. The summed E-state index contributed by atoms with van der Waals surface area (Å²) in [5, 5.41) is 6.71. The molecule has 7 rings (SSSR count). The van der Waals surface area contributed by atoms with E-state index in [1.54, 1.807) is 0 Å². The predicted molar refractivity (Wildman–Crippen MR) is 169 cm³/mol. The zero-order valence-corrected chi connectivity index (χ0v) is 24.8. The highest BCUT2D eigenvalue weighted by atomic mass is 16.2. The molecule has 0 radical (unpaired) electrons. The van der Waals surface area contributed by atoms with Crippen molar-refractivity contribution in [3.63, 3.8) is 0 Å². The topological polar surface area (TPSA) is 64.7 Å². The first-order chi connectivity index (χ1) is 20.1. The highest BCUT2D eigenvalue weighted by Gasteiger charge is 2.59. The van der Waals surface area contributed by atoms with Crippen LogP contribution in [0.5, 0.6) is 0 Å². The summed E-state index contributed by atoms with van der Waals surface area (Å²) in [6, 6.07) is 25.4. The Morgan fingerprint density at radius 3 is 1.38 bits per heavy atom. The van der Waals surface area contributed by atoms with E-state index >= 15 is 0 Å². The molecule has 2 fully saturated rings. The summed E-state index contributed by atoms with van der Waals surface area (Å²) in [5.74, 6) is 0.162. The number of carbonyl (C=O) groups excluding carboxylic acids is 2. The van der Waals surface area contributed by atoms with Gasteiger partial charge < -0.3 is 20.4 Å². The Labute approximate surface area is 248 Å². The van der Waals surface area contributed by atoms with Crippen molar-refractivity contribution in [2.45, 2.75) is 62.7 Å². The van der Waals surface area contributed by atoms with Crippen molar-refractivity contribution in [2.75, 3.05) is 22.9 Å². The van der Waals surface area contributed by atoms with Gasteiger partial charge in [0.05, 0.1) is 0 Å². The molecule has 0 spiro atoms. The Bertz CT molecular complexity index is 1530. The summed E-state index contributed by atoms with van der Waals surface area (Å²) in [7, 11) is 0. The van der Waals surface area contributed by atoms with Gasteiger partial charge in [0.2, 0.25) is 11.8 Å². The van der Waals surface area contributed by atoms with Gasteiger partial charge >= 0.3 is 0 Å². The van der Waals surface area contributed by atoms with Crippen LogP contribution in [0.25, 0.3) is 12.2 Å². The van der Waals surface area contributed by atoms with Crippen LogP contribution < -0.4 is 20.4 Å². The molecule has 3 aromatic rings. The van der Waals surface area contributed by atoms with Crippen LogP contribution in [0.2, 0.25) is 0 Å². The maximum absolute atomic E-state index is 12.7. The van der Waals surface area contributed by atoms with Gasteiger partial charge in [0.15, 0.2) is 0 Å². The molecular weight excluding hydrogens is 520 g/mol. The zero-order chi connectivity index (χ0) is 29.3. The maximum Gasteiger partial charge on any atom is 0.223 e. The van der Waals surface area contributed by atoms with Crippen LogP contribution in [0.4, 0.5) is 11.4 Å². The number of nitrogens with zero attached hydrogens (tertiary/aromatic N) is 2. The van der Waals surface area contributed by atoms with E-state index in [9.17, 15) is 9.59 Å². The lowest BCUT2D eigenvalue weighted by Gasteiger charge is -2.49. The van der Waals surface area contributed by atoms with E-state index in [0.717, 1.165) is 11.1 Å². The second kappa shape index (κ2) is 9.09. The van der Waals surface area contributed by atoms with E-state index < -0.39 is 11.3 Å². The van der Waals surface area contributed by atoms with Crippen LogP contribution in [-0.4, -0.2) is 36.2 Å². The average Bonchev–Trinajstić information content (AvgIpc) is 3.30.